The molecule has 0 unspecified atom stereocenters. The highest BCUT2D eigenvalue weighted by Gasteiger charge is 2.04. The van der Waals surface area contributed by atoms with Crippen molar-refractivity contribution in [2.45, 2.75) is 11.5 Å². The molecule has 9 nitrogen and oxygen atoms in total. The fourth-order valence-electron chi connectivity index (χ4n) is 1.74. The van der Waals surface area contributed by atoms with Crippen molar-refractivity contribution in [1.29, 1.82) is 0 Å². The van der Waals surface area contributed by atoms with Gasteiger partial charge >= 0.3 is 0 Å². The number of rotatable bonds is 13. The van der Waals surface area contributed by atoms with Crippen LogP contribution in [0.25, 0.3) is 0 Å². The zero-order valence-corrected chi connectivity index (χ0v) is 17.1. The van der Waals surface area contributed by atoms with Gasteiger partial charge in [-0.25, -0.2) is 4.98 Å². The Morgan fingerprint density at radius 1 is 1.23 bits per heavy atom. The van der Waals surface area contributed by atoms with E-state index < -0.39 is 4.92 Å². The van der Waals surface area contributed by atoms with Gasteiger partial charge in [-0.15, -0.1) is 21.5 Å². The number of nitrogens with zero attached hydrogens (tertiary/aromatic N) is 4. The number of hydrogen-bond donors (Lipinski definition) is 3. The highest BCUT2D eigenvalue weighted by Crippen LogP contribution is 2.17. The SMILES string of the molecule is Nc1nnc(CSCCNC(=C[N+](=O)[O-])NCCSCc2nccs2)s1. The maximum Gasteiger partial charge on any atom is 0.274 e. The lowest BCUT2D eigenvalue weighted by atomic mass is 10.6. The molecular formula is C13H19N7O2S4. The number of nitro groups is 1. The summed E-state index contributed by atoms with van der Waals surface area (Å²) in [5.41, 5.74) is 5.53. The van der Waals surface area contributed by atoms with Gasteiger partial charge in [-0.2, -0.15) is 23.5 Å². The second-order valence-electron chi connectivity index (χ2n) is 4.75. The zero-order chi connectivity index (χ0) is 18.6. The number of aromatic nitrogens is 3. The summed E-state index contributed by atoms with van der Waals surface area (Å²) < 4.78 is 0. The molecule has 26 heavy (non-hydrogen) atoms. The van der Waals surface area contributed by atoms with Crippen LogP contribution in [0, 0.1) is 10.1 Å². The van der Waals surface area contributed by atoms with Gasteiger partial charge in [-0.3, -0.25) is 10.1 Å². The summed E-state index contributed by atoms with van der Waals surface area (Å²) in [6.45, 7) is 1.25. The molecular weight excluding hydrogens is 414 g/mol. The molecule has 0 bridgehead atoms. The van der Waals surface area contributed by atoms with E-state index in [0.717, 1.165) is 39.2 Å². The molecule has 0 spiro atoms. The number of thioether (sulfide) groups is 2. The molecule has 0 aliphatic heterocycles. The standard InChI is InChI=1S/C13H19N7O2S4/c14-13-19-18-12(26-13)9-24-5-2-16-10(7-20(21)22)15-1-4-23-8-11-17-3-6-25-11/h3,6-7,15-16H,1-2,4-5,8-9H2,(H2,14,19). The highest BCUT2D eigenvalue weighted by molar-refractivity contribution is 7.98. The van der Waals surface area contributed by atoms with Crippen LogP contribution in [0.3, 0.4) is 0 Å². The van der Waals surface area contributed by atoms with E-state index in [1.807, 2.05) is 5.38 Å². The van der Waals surface area contributed by atoms with E-state index in [1.54, 1.807) is 41.1 Å². The van der Waals surface area contributed by atoms with Crippen molar-refractivity contribution in [2.75, 3.05) is 30.3 Å². The first kappa shape index (κ1) is 20.7. The third-order valence-corrected chi connectivity index (χ3v) is 6.61. The smallest absolute Gasteiger partial charge is 0.274 e. The quantitative estimate of drug-likeness (QED) is 0.245. The minimum atomic E-state index is -0.463. The molecule has 2 aromatic rings. The van der Waals surface area contributed by atoms with Crippen molar-refractivity contribution in [2.24, 2.45) is 0 Å². The molecule has 0 atom stereocenters. The lowest BCUT2D eigenvalue weighted by Crippen LogP contribution is -2.30. The Labute approximate surface area is 167 Å². The van der Waals surface area contributed by atoms with Gasteiger partial charge in [-0.05, 0) is 0 Å². The van der Waals surface area contributed by atoms with E-state index in [-0.39, 0.29) is 0 Å². The van der Waals surface area contributed by atoms with Crippen LogP contribution >= 0.6 is 46.2 Å². The van der Waals surface area contributed by atoms with Crippen molar-refractivity contribution in [1.82, 2.24) is 25.8 Å². The van der Waals surface area contributed by atoms with Gasteiger partial charge in [0.15, 0.2) is 5.82 Å². The molecule has 0 aromatic carbocycles. The average Bonchev–Trinajstić information content (AvgIpc) is 3.25. The number of hydrogen-bond acceptors (Lipinski definition) is 12. The van der Waals surface area contributed by atoms with Gasteiger partial charge in [0.2, 0.25) is 5.13 Å². The molecule has 142 valence electrons. The van der Waals surface area contributed by atoms with E-state index in [1.165, 1.54) is 11.3 Å². The van der Waals surface area contributed by atoms with Crippen LogP contribution in [0.2, 0.25) is 0 Å². The minimum absolute atomic E-state index is 0.422. The Morgan fingerprint density at radius 3 is 2.46 bits per heavy atom. The Bertz CT molecular complexity index is 692. The molecule has 0 radical (unpaired) electrons. The van der Waals surface area contributed by atoms with E-state index in [9.17, 15) is 10.1 Å². The topological polar surface area (TPSA) is 132 Å². The van der Waals surface area contributed by atoms with E-state index in [2.05, 4.69) is 25.8 Å². The zero-order valence-electron chi connectivity index (χ0n) is 13.8. The summed E-state index contributed by atoms with van der Waals surface area (Å²) in [4.78, 5) is 14.5. The van der Waals surface area contributed by atoms with Crippen molar-refractivity contribution < 1.29 is 4.92 Å². The number of nitrogen functional groups attached to an aromatic ring is 1. The van der Waals surface area contributed by atoms with Crippen LogP contribution < -0.4 is 16.4 Å². The first-order valence-corrected chi connectivity index (χ1v) is 11.6. The molecule has 0 aliphatic carbocycles. The first-order valence-electron chi connectivity index (χ1n) is 7.58. The summed E-state index contributed by atoms with van der Waals surface area (Å²) >= 11 is 6.40. The lowest BCUT2D eigenvalue weighted by molar-refractivity contribution is -0.404. The molecule has 4 N–H and O–H groups in total. The molecule has 2 aromatic heterocycles. The predicted octanol–water partition coefficient (Wildman–Crippen LogP) is 2.00. The largest absolute Gasteiger partial charge is 0.374 e. The molecule has 0 fully saturated rings. The molecule has 0 aliphatic rings. The fourth-order valence-corrected chi connectivity index (χ4v) is 4.82. The van der Waals surface area contributed by atoms with E-state index in [0.29, 0.717) is 24.0 Å². The van der Waals surface area contributed by atoms with Gasteiger partial charge in [0.05, 0.1) is 4.92 Å². The van der Waals surface area contributed by atoms with Crippen LogP contribution in [0.15, 0.2) is 23.6 Å². The Balaban J connectivity index is 1.59. The van der Waals surface area contributed by atoms with Gasteiger partial charge in [-0.1, -0.05) is 11.3 Å². The van der Waals surface area contributed by atoms with Crippen LogP contribution in [0.5, 0.6) is 0 Å². The summed E-state index contributed by atoms with van der Waals surface area (Å²) in [5.74, 6) is 3.63. The van der Waals surface area contributed by atoms with Crippen molar-refractivity contribution >= 4 is 51.3 Å². The number of anilines is 1. The second kappa shape index (κ2) is 11.9. The maximum atomic E-state index is 10.7. The van der Waals surface area contributed by atoms with Crippen LogP contribution in [0.1, 0.15) is 10.0 Å². The Hall–Kier alpha value is -1.57. The van der Waals surface area contributed by atoms with Gasteiger partial charge in [0.1, 0.15) is 10.0 Å². The van der Waals surface area contributed by atoms with Gasteiger partial charge in [0, 0.05) is 47.7 Å². The number of thiazole rings is 1. The summed E-state index contributed by atoms with van der Waals surface area (Å²) in [5, 5.41) is 29.0. The Morgan fingerprint density at radius 2 is 1.92 bits per heavy atom. The highest BCUT2D eigenvalue weighted by atomic mass is 32.2. The van der Waals surface area contributed by atoms with Crippen molar-refractivity contribution in [3.05, 3.63) is 43.7 Å². The number of nitrogens with one attached hydrogen (secondary N) is 2. The van der Waals surface area contributed by atoms with Crippen molar-refractivity contribution in [3.8, 4) is 0 Å². The Kier molecular flexibility index (Phi) is 9.52. The third-order valence-electron chi connectivity index (χ3n) is 2.78. The third kappa shape index (κ3) is 8.69. The van der Waals surface area contributed by atoms with E-state index in [4.69, 9.17) is 5.73 Å². The maximum absolute atomic E-state index is 10.7. The summed E-state index contributed by atoms with van der Waals surface area (Å²) in [6.07, 6.45) is 2.75. The minimum Gasteiger partial charge on any atom is -0.374 e. The van der Waals surface area contributed by atoms with Crippen LogP contribution in [-0.4, -0.2) is 44.7 Å². The predicted molar refractivity (Wildman–Crippen MR) is 110 cm³/mol. The molecule has 2 heterocycles. The van der Waals surface area contributed by atoms with Crippen LogP contribution in [-0.2, 0) is 11.5 Å². The summed E-state index contributed by atoms with van der Waals surface area (Å²) in [7, 11) is 0. The number of nitrogens with two attached hydrogens (primary N) is 1. The van der Waals surface area contributed by atoms with Crippen LogP contribution in [0.4, 0.5) is 5.13 Å². The molecule has 0 saturated carbocycles. The lowest BCUT2D eigenvalue weighted by Gasteiger charge is -2.10. The summed E-state index contributed by atoms with van der Waals surface area (Å²) in [6, 6.07) is 0. The molecule has 2 rings (SSSR count). The van der Waals surface area contributed by atoms with Crippen molar-refractivity contribution in [3.63, 3.8) is 0 Å². The molecule has 0 amide bonds. The van der Waals surface area contributed by atoms with Gasteiger partial charge in [0.25, 0.3) is 6.20 Å². The van der Waals surface area contributed by atoms with E-state index >= 15 is 0 Å². The normalized spacial score (nSPS) is 11.5. The first-order chi connectivity index (χ1) is 12.6. The second-order valence-corrected chi connectivity index (χ2v) is 9.03. The fraction of sp³-hybridized carbons (Fsp3) is 0.462. The van der Waals surface area contributed by atoms with Gasteiger partial charge < -0.3 is 16.4 Å². The monoisotopic (exact) mass is 433 g/mol. The molecule has 0 saturated heterocycles. The molecule has 13 heteroatoms. The average molecular weight is 434 g/mol.